The summed E-state index contributed by atoms with van der Waals surface area (Å²) in [5, 5.41) is 14.6. The molecular weight excluding hydrogens is 368 g/mol. The molecule has 0 spiro atoms. The van der Waals surface area contributed by atoms with Gasteiger partial charge in [0.15, 0.2) is 0 Å². The van der Waals surface area contributed by atoms with Crippen molar-refractivity contribution in [2.45, 2.75) is 27.3 Å². The number of nitro groups is 1. The van der Waals surface area contributed by atoms with Crippen LogP contribution in [0.2, 0.25) is 0 Å². The molecule has 29 heavy (non-hydrogen) atoms. The number of carbonyl (C=O) groups excluding carboxylic acids is 1. The number of carbonyl (C=O) groups is 1. The second kappa shape index (κ2) is 8.51. The minimum absolute atomic E-state index is 0.0613. The highest BCUT2D eigenvalue weighted by Gasteiger charge is 2.30. The molecule has 1 saturated heterocycles. The van der Waals surface area contributed by atoms with Crippen LogP contribution in [0, 0.1) is 15.5 Å². The zero-order chi connectivity index (χ0) is 21.0. The van der Waals surface area contributed by atoms with Crippen LogP contribution in [-0.4, -0.2) is 41.9 Å². The van der Waals surface area contributed by atoms with Crippen LogP contribution in [0.5, 0.6) is 0 Å². The van der Waals surface area contributed by atoms with Crippen LogP contribution in [0.15, 0.2) is 48.5 Å². The summed E-state index contributed by atoms with van der Waals surface area (Å²) >= 11 is 0. The fourth-order valence-corrected chi connectivity index (χ4v) is 3.46. The number of piperazine rings is 1. The Morgan fingerprint density at radius 1 is 1.07 bits per heavy atom. The summed E-state index contributed by atoms with van der Waals surface area (Å²) in [6.45, 7) is 9.03. The highest BCUT2D eigenvalue weighted by Crippen LogP contribution is 2.31. The Labute approximate surface area is 171 Å². The van der Waals surface area contributed by atoms with Gasteiger partial charge in [0.1, 0.15) is 5.69 Å². The average molecular weight is 396 g/mol. The zero-order valence-electron chi connectivity index (χ0n) is 17.2. The number of hydrogen-bond acceptors (Lipinski definition) is 5. The first-order valence-corrected chi connectivity index (χ1v) is 9.86. The van der Waals surface area contributed by atoms with Gasteiger partial charge in [-0.3, -0.25) is 14.9 Å². The van der Waals surface area contributed by atoms with Gasteiger partial charge >= 0.3 is 0 Å². The Kier molecular flexibility index (Phi) is 6.06. The van der Waals surface area contributed by atoms with E-state index in [1.54, 1.807) is 12.1 Å². The van der Waals surface area contributed by atoms with Gasteiger partial charge in [-0.15, -0.1) is 0 Å². The fourth-order valence-electron chi connectivity index (χ4n) is 3.46. The lowest BCUT2D eigenvalue weighted by Crippen LogP contribution is -2.51. The predicted molar refractivity (Wildman–Crippen MR) is 115 cm³/mol. The third-order valence-corrected chi connectivity index (χ3v) is 5.08. The normalized spacial score (nSPS) is 14.6. The topological polar surface area (TPSA) is 78.7 Å². The molecule has 0 saturated carbocycles. The van der Waals surface area contributed by atoms with Crippen molar-refractivity contribution in [3.63, 3.8) is 0 Å². The predicted octanol–water partition coefficient (Wildman–Crippen LogP) is 3.90. The van der Waals surface area contributed by atoms with Gasteiger partial charge < -0.3 is 15.1 Å². The molecule has 0 aromatic heterocycles. The van der Waals surface area contributed by atoms with Crippen molar-refractivity contribution in [2.75, 3.05) is 36.4 Å². The molecule has 0 radical (unpaired) electrons. The molecule has 1 heterocycles. The van der Waals surface area contributed by atoms with E-state index >= 15 is 0 Å². The van der Waals surface area contributed by atoms with Crippen molar-refractivity contribution in [1.82, 2.24) is 4.90 Å². The molecule has 7 heteroatoms. The third-order valence-electron chi connectivity index (χ3n) is 5.08. The SMILES string of the molecule is CC(C)(C)C(=O)N1CCN(c2ccc([N+](=O)[O-])c(NCc3ccccc3)c2)CC1. The van der Waals surface area contributed by atoms with Crippen molar-refractivity contribution < 1.29 is 9.72 Å². The number of anilines is 2. The van der Waals surface area contributed by atoms with Gasteiger partial charge in [0.05, 0.1) is 4.92 Å². The van der Waals surface area contributed by atoms with Crippen molar-refractivity contribution >= 4 is 23.0 Å². The maximum atomic E-state index is 12.5. The summed E-state index contributed by atoms with van der Waals surface area (Å²) in [5.74, 6) is 0.158. The molecular formula is C22H28N4O3. The lowest BCUT2D eigenvalue weighted by Gasteiger charge is -2.38. The summed E-state index contributed by atoms with van der Waals surface area (Å²) < 4.78 is 0. The Morgan fingerprint density at radius 3 is 2.31 bits per heavy atom. The van der Waals surface area contributed by atoms with Crippen LogP contribution in [0.4, 0.5) is 17.1 Å². The van der Waals surface area contributed by atoms with Crippen LogP contribution in [0.1, 0.15) is 26.3 Å². The van der Waals surface area contributed by atoms with Gasteiger partial charge in [0, 0.05) is 49.9 Å². The van der Waals surface area contributed by atoms with Gasteiger partial charge in [-0.25, -0.2) is 0 Å². The summed E-state index contributed by atoms with van der Waals surface area (Å²) in [4.78, 5) is 27.6. The Hall–Kier alpha value is -3.09. The number of nitro benzene ring substituents is 1. The fraction of sp³-hybridized carbons (Fsp3) is 0.409. The second-order valence-electron chi connectivity index (χ2n) is 8.33. The molecule has 1 aliphatic heterocycles. The number of hydrogen-bond donors (Lipinski definition) is 1. The van der Waals surface area contributed by atoms with E-state index in [2.05, 4.69) is 10.2 Å². The molecule has 154 valence electrons. The number of benzene rings is 2. The Balaban J connectivity index is 1.72. The zero-order valence-corrected chi connectivity index (χ0v) is 17.2. The summed E-state index contributed by atoms with van der Waals surface area (Å²) in [7, 11) is 0. The van der Waals surface area contributed by atoms with E-state index in [1.807, 2.05) is 62.1 Å². The molecule has 1 amide bonds. The van der Waals surface area contributed by atoms with Crippen LogP contribution in [0.25, 0.3) is 0 Å². The van der Waals surface area contributed by atoms with Crippen LogP contribution >= 0.6 is 0 Å². The number of amides is 1. The van der Waals surface area contributed by atoms with Crippen molar-refractivity contribution in [2.24, 2.45) is 5.41 Å². The number of rotatable bonds is 5. The third kappa shape index (κ3) is 5.04. The monoisotopic (exact) mass is 396 g/mol. The molecule has 0 aliphatic carbocycles. The lowest BCUT2D eigenvalue weighted by atomic mass is 9.94. The van der Waals surface area contributed by atoms with E-state index in [-0.39, 0.29) is 21.9 Å². The highest BCUT2D eigenvalue weighted by molar-refractivity contribution is 5.82. The summed E-state index contributed by atoms with van der Waals surface area (Å²) in [6, 6.07) is 15.0. The maximum Gasteiger partial charge on any atom is 0.292 e. The molecule has 2 aromatic rings. The van der Waals surface area contributed by atoms with Gasteiger partial charge in [-0.2, -0.15) is 0 Å². The molecule has 0 bridgehead atoms. The van der Waals surface area contributed by atoms with Gasteiger partial charge in [-0.05, 0) is 17.7 Å². The van der Waals surface area contributed by atoms with Gasteiger partial charge in [0.25, 0.3) is 5.69 Å². The van der Waals surface area contributed by atoms with E-state index < -0.39 is 0 Å². The minimum Gasteiger partial charge on any atom is -0.375 e. The molecule has 0 unspecified atom stereocenters. The average Bonchev–Trinajstić information content (AvgIpc) is 2.71. The molecule has 1 fully saturated rings. The van der Waals surface area contributed by atoms with Crippen LogP contribution in [-0.2, 0) is 11.3 Å². The van der Waals surface area contributed by atoms with Crippen LogP contribution in [0.3, 0.4) is 0 Å². The van der Waals surface area contributed by atoms with Crippen molar-refractivity contribution in [1.29, 1.82) is 0 Å². The van der Waals surface area contributed by atoms with E-state index in [1.165, 1.54) is 0 Å². The van der Waals surface area contributed by atoms with Crippen molar-refractivity contribution in [3.8, 4) is 0 Å². The standard InChI is InChI=1S/C22H28N4O3/c1-22(2,3)21(27)25-13-11-24(12-14-25)18-9-10-20(26(28)29)19(15-18)23-16-17-7-5-4-6-8-17/h4-10,15,23H,11-14,16H2,1-3H3. The van der Waals surface area contributed by atoms with Gasteiger partial charge in [-0.1, -0.05) is 51.1 Å². The highest BCUT2D eigenvalue weighted by atomic mass is 16.6. The van der Waals surface area contributed by atoms with E-state index in [0.717, 1.165) is 11.3 Å². The van der Waals surface area contributed by atoms with E-state index in [4.69, 9.17) is 0 Å². The summed E-state index contributed by atoms with van der Waals surface area (Å²) in [5.41, 5.74) is 2.16. The van der Waals surface area contributed by atoms with E-state index in [9.17, 15) is 14.9 Å². The second-order valence-corrected chi connectivity index (χ2v) is 8.33. The maximum absolute atomic E-state index is 12.5. The van der Waals surface area contributed by atoms with Crippen molar-refractivity contribution in [3.05, 3.63) is 64.2 Å². The van der Waals surface area contributed by atoms with E-state index in [0.29, 0.717) is 38.4 Å². The molecule has 3 rings (SSSR count). The molecule has 0 atom stereocenters. The van der Waals surface area contributed by atoms with Crippen LogP contribution < -0.4 is 10.2 Å². The smallest absolute Gasteiger partial charge is 0.292 e. The minimum atomic E-state index is -0.385. The largest absolute Gasteiger partial charge is 0.375 e. The first-order valence-electron chi connectivity index (χ1n) is 9.86. The molecule has 1 aliphatic rings. The Morgan fingerprint density at radius 2 is 1.72 bits per heavy atom. The first kappa shape index (κ1) is 20.6. The molecule has 7 nitrogen and oxygen atoms in total. The first-order chi connectivity index (χ1) is 13.8. The molecule has 1 N–H and O–H groups in total. The lowest BCUT2D eigenvalue weighted by molar-refractivity contribution is -0.384. The van der Waals surface area contributed by atoms with Gasteiger partial charge in [0.2, 0.25) is 5.91 Å². The number of nitrogens with zero attached hydrogens (tertiary/aromatic N) is 3. The number of nitrogens with one attached hydrogen (secondary N) is 1. The summed E-state index contributed by atoms with van der Waals surface area (Å²) in [6.07, 6.45) is 0. The quantitative estimate of drug-likeness (QED) is 0.612. The molecule has 2 aromatic carbocycles. The Bertz CT molecular complexity index is 869.